The normalized spacial score (nSPS) is 17.2. The lowest BCUT2D eigenvalue weighted by Crippen LogP contribution is -2.38. The van der Waals surface area contributed by atoms with Gasteiger partial charge < -0.3 is 24.5 Å². The molecule has 1 aliphatic heterocycles. The third kappa shape index (κ3) is 5.73. The Morgan fingerprint density at radius 2 is 1.69 bits per heavy atom. The first kappa shape index (κ1) is 27.3. The van der Waals surface area contributed by atoms with Crippen molar-refractivity contribution in [3.8, 4) is 5.75 Å². The number of nitrogens with zero attached hydrogens (tertiary/aromatic N) is 3. The number of Topliss-reactive ketones (excluding diaryl/α,β-unsaturated/α-hetero) is 1. The first-order chi connectivity index (χ1) is 17.2. The maximum atomic E-state index is 13.3. The molecule has 1 aliphatic rings. The van der Waals surface area contributed by atoms with E-state index in [0.717, 1.165) is 36.3 Å². The number of carbonyl (C=O) groups is 2. The van der Waals surface area contributed by atoms with Crippen molar-refractivity contribution in [2.75, 3.05) is 51.8 Å². The summed E-state index contributed by atoms with van der Waals surface area (Å²) in [4.78, 5) is 32.4. The highest BCUT2D eigenvalue weighted by atomic mass is 16.5. The Morgan fingerprint density at radius 1 is 1.03 bits per heavy atom. The minimum atomic E-state index is -0.660. The van der Waals surface area contributed by atoms with Gasteiger partial charge in [-0.05, 0) is 67.9 Å². The number of hydrogen-bond donors (Lipinski definition) is 1. The lowest BCUT2D eigenvalue weighted by molar-refractivity contribution is -0.140. The molecule has 0 aromatic heterocycles. The van der Waals surface area contributed by atoms with E-state index in [9.17, 15) is 14.7 Å². The van der Waals surface area contributed by atoms with Crippen LogP contribution in [0.15, 0.2) is 48.0 Å². The van der Waals surface area contributed by atoms with Gasteiger partial charge in [-0.25, -0.2) is 0 Å². The zero-order valence-electron chi connectivity index (χ0n) is 22.4. The van der Waals surface area contributed by atoms with Crippen molar-refractivity contribution in [2.24, 2.45) is 0 Å². The van der Waals surface area contributed by atoms with Gasteiger partial charge in [-0.1, -0.05) is 32.9 Å². The van der Waals surface area contributed by atoms with Gasteiger partial charge in [0.25, 0.3) is 11.7 Å². The summed E-state index contributed by atoms with van der Waals surface area (Å²) in [7, 11) is 3.92. The van der Waals surface area contributed by atoms with E-state index in [4.69, 9.17) is 4.74 Å². The lowest BCUT2D eigenvalue weighted by atomic mass is 9.93. The molecule has 1 heterocycles. The number of rotatable bonds is 11. The summed E-state index contributed by atoms with van der Waals surface area (Å²) in [5.74, 6) is -0.674. The smallest absolute Gasteiger partial charge is 0.295 e. The van der Waals surface area contributed by atoms with E-state index in [2.05, 4.69) is 18.7 Å². The Balaban J connectivity index is 2.09. The summed E-state index contributed by atoms with van der Waals surface area (Å²) >= 11 is 0. The fourth-order valence-electron chi connectivity index (χ4n) is 4.56. The number of ketones is 1. The molecule has 36 heavy (non-hydrogen) atoms. The molecular formula is C29H39N3O4. The van der Waals surface area contributed by atoms with E-state index < -0.39 is 17.7 Å². The van der Waals surface area contributed by atoms with E-state index in [1.165, 1.54) is 0 Å². The van der Waals surface area contributed by atoms with Crippen molar-refractivity contribution in [1.82, 2.24) is 9.80 Å². The molecule has 1 fully saturated rings. The lowest BCUT2D eigenvalue weighted by Gasteiger charge is -2.28. The summed E-state index contributed by atoms with van der Waals surface area (Å²) in [5.41, 5.74) is 3.23. The largest absolute Gasteiger partial charge is 0.507 e. The molecule has 194 valence electrons. The Bertz CT molecular complexity index is 1100. The molecular weight excluding hydrogens is 454 g/mol. The van der Waals surface area contributed by atoms with Gasteiger partial charge in [0, 0.05) is 38.4 Å². The van der Waals surface area contributed by atoms with Crippen LogP contribution in [-0.2, 0) is 9.59 Å². The maximum Gasteiger partial charge on any atom is 0.295 e. The fourth-order valence-corrected chi connectivity index (χ4v) is 4.56. The highest BCUT2D eigenvalue weighted by Gasteiger charge is 2.46. The van der Waals surface area contributed by atoms with Crippen LogP contribution in [0.5, 0.6) is 5.75 Å². The molecule has 0 spiro atoms. The molecule has 1 N–H and O–H groups in total. The van der Waals surface area contributed by atoms with E-state index in [0.29, 0.717) is 31.0 Å². The van der Waals surface area contributed by atoms with Crippen LogP contribution in [0.25, 0.3) is 5.76 Å². The van der Waals surface area contributed by atoms with Crippen LogP contribution in [0.2, 0.25) is 0 Å². The van der Waals surface area contributed by atoms with Crippen LogP contribution in [-0.4, -0.2) is 73.5 Å². The molecule has 0 bridgehead atoms. The fraction of sp³-hybridized carbons (Fsp3) is 0.448. The van der Waals surface area contributed by atoms with Crippen LogP contribution in [0.1, 0.15) is 49.9 Å². The van der Waals surface area contributed by atoms with Crippen LogP contribution in [0.3, 0.4) is 0 Å². The third-order valence-electron chi connectivity index (χ3n) is 6.74. The van der Waals surface area contributed by atoms with Gasteiger partial charge in [-0.3, -0.25) is 9.59 Å². The first-order valence-electron chi connectivity index (χ1n) is 12.7. The van der Waals surface area contributed by atoms with E-state index in [1.807, 2.05) is 63.2 Å². The number of amides is 1. The molecule has 2 aromatic carbocycles. The monoisotopic (exact) mass is 493 g/mol. The molecule has 2 aromatic rings. The summed E-state index contributed by atoms with van der Waals surface area (Å²) in [6.45, 7) is 11.4. The van der Waals surface area contributed by atoms with Crippen LogP contribution in [0, 0.1) is 6.92 Å². The topological polar surface area (TPSA) is 73.3 Å². The highest BCUT2D eigenvalue weighted by molar-refractivity contribution is 6.46. The van der Waals surface area contributed by atoms with Gasteiger partial charge in [-0.2, -0.15) is 0 Å². The second-order valence-corrected chi connectivity index (χ2v) is 9.33. The van der Waals surface area contributed by atoms with Gasteiger partial charge in [0.15, 0.2) is 0 Å². The number of aryl methyl sites for hydroxylation is 1. The van der Waals surface area contributed by atoms with Crippen LogP contribution >= 0.6 is 0 Å². The Hall–Kier alpha value is -3.32. The summed E-state index contributed by atoms with van der Waals surface area (Å²) in [5, 5.41) is 11.4. The van der Waals surface area contributed by atoms with Crippen molar-refractivity contribution in [3.05, 3.63) is 64.7 Å². The second kappa shape index (κ2) is 12.1. The number of hydrogen-bond acceptors (Lipinski definition) is 6. The van der Waals surface area contributed by atoms with Gasteiger partial charge in [0.1, 0.15) is 11.5 Å². The van der Waals surface area contributed by atoms with E-state index in [-0.39, 0.29) is 11.3 Å². The molecule has 0 radical (unpaired) electrons. The predicted molar refractivity (Wildman–Crippen MR) is 145 cm³/mol. The number of anilines is 1. The van der Waals surface area contributed by atoms with Gasteiger partial charge in [-0.15, -0.1) is 0 Å². The predicted octanol–water partition coefficient (Wildman–Crippen LogP) is 4.61. The molecule has 1 unspecified atom stereocenters. The van der Waals surface area contributed by atoms with Crippen molar-refractivity contribution < 1.29 is 19.4 Å². The number of likely N-dealkylation sites (N-methyl/N-ethyl adjacent to an activating group) is 1. The zero-order chi connectivity index (χ0) is 26.4. The van der Waals surface area contributed by atoms with Gasteiger partial charge >= 0.3 is 0 Å². The summed E-state index contributed by atoms with van der Waals surface area (Å²) < 4.78 is 5.71. The number of carbonyl (C=O) groups excluding carboxylic acids is 2. The van der Waals surface area contributed by atoms with Crippen molar-refractivity contribution in [1.29, 1.82) is 0 Å². The Morgan fingerprint density at radius 3 is 2.25 bits per heavy atom. The number of likely N-dealkylation sites (tertiary alicyclic amines) is 1. The van der Waals surface area contributed by atoms with E-state index in [1.54, 1.807) is 17.0 Å². The molecule has 0 saturated carbocycles. The van der Waals surface area contributed by atoms with Gasteiger partial charge in [0.05, 0.1) is 18.2 Å². The molecule has 1 saturated heterocycles. The molecule has 1 amide bonds. The van der Waals surface area contributed by atoms with Crippen molar-refractivity contribution in [3.63, 3.8) is 0 Å². The second-order valence-electron chi connectivity index (χ2n) is 9.33. The van der Waals surface area contributed by atoms with Crippen LogP contribution < -0.4 is 9.64 Å². The molecule has 3 rings (SSSR count). The summed E-state index contributed by atoms with van der Waals surface area (Å²) in [6.07, 6.45) is 0.893. The average Bonchev–Trinajstić information content (AvgIpc) is 3.12. The number of aliphatic hydroxyl groups is 1. The first-order valence-corrected chi connectivity index (χ1v) is 12.7. The summed E-state index contributed by atoms with van der Waals surface area (Å²) in [6, 6.07) is 12.5. The standard InChI is InChI=1S/C29H39N3O4/c1-7-18-36-23-14-15-24(20(4)19-23)27(33)25-26(21-10-12-22(13-11-21)30(5)6)32(29(35)28(25)34)17-16-31(8-2)9-3/h10-15,19,26,33H,7-9,16-18H2,1-6H3/b27-25+. The van der Waals surface area contributed by atoms with Crippen molar-refractivity contribution >= 4 is 23.1 Å². The Kier molecular flexibility index (Phi) is 9.15. The van der Waals surface area contributed by atoms with Crippen molar-refractivity contribution in [2.45, 2.75) is 40.2 Å². The minimum Gasteiger partial charge on any atom is -0.507 e. The molecule has 7 heteroatoms. The molecule has 0 aliphatic carbocycles. The average molecular weight is 494 g/mol. The highest BCUT2D eigenvalue weighted by Crippen LogP contribution is 2.40. The van der Waals surface area contributed by atoms with Crippen LogP contribution in [0.4, 0.5) is 5.69 Å². The number of aliphatic hydroxyl groups excluding tert-OH is 1. The molecule has 1 atom stereocenters. The number of benzene rings is 2. The number of ether oxygens (including phenoxy) is 1. The third-order valence-corrected chi connectivity index (χ3v) is 6.74. The molecule has 7 nitrogen and oxygen atoms in total. The zero-order valence-corrected chi connectivity index (χ0v) is 22.4. The van der Waals surface area contributed by atoms with E-state index >= 15 is 0 Å². The Labute approximate surface area is 215 Å². The SMILES string of the molecule is CCCOc1ccc(/C(O)=C2\C(=O)C(=O)N(CCN(CC)CC)C2c2ccc(N(C)C)cc2)c(C)c1. The van der Waals surface area contributed by atoms with Gasteiger partial charge in [0.2, 0.25) is 0 Å². The minimum absolute atomic E-state index is 0.127. The quantitative estimate of drug-likeness (QED) is 0.280. The maximum absolute atomic E-state index is 13.3.